The summed E-state index contributed by atoms with van der Waals surface area (Å²) < 4.78 is 0.937. The average Bonchev–Trinajstić information content (AvgIpc) is 2.97. The third-order valence-corrected chi connectivity index (χ3v) is 5.72. The van der Waals surface area contributed by atoms with E-state index in [4.69, 9.17) is 16.6 Å². The number of rotatable bonds is 6. The quantitative estimate of drug-likeness (QED) is 0.314. The summed E-state index contributed by atoms with van der Waals surface area (Å²) in [6.07, 6.45) is 1.86. The number of carbonyl (C=O) groups is 2. The second-order valence-corrected chi connectivity index (χ2v) is 14.5. The van der Waals surface area contributed by atoms with Crippen molar-refractivity contribution >= 4 is 45.3 Å². The van der Waals surface area contributed by atoms with Gasteiger partial charge in [-0.25, -0.2) is 4.98 Å². The highest BCUT2D eigenvalue weighted by Crippen LogP contribution is 2.30. The van der Waals surface area contributed by atoms with Crippen LogP contribution in [-0.4, -0.2) is 32.3 Å². The third-order valence-electron chi connectivity index (χ3n) is 4.26. The van der Waals surface area contributed by atoms with Crippen LogP contribution in [0.1, 0.15) is 99.4 Å². The molecule has 0 amide bonds. The van der Waals surface area contributed by atoms with Gasteiger partial charge in [0.1, 0.15) is 5.01 Å². The fraction of sp³-hybridized carbons (Fsp3) is 0.667. The van der Waals surface area contributed by atoms with Gasteiger partial charge in [-0.05, 0) is 63.5 Å². The van der Waals surface area contributed by atoms with E-state index in [-0.39, 0.29) is 17.5 Å². The van der Waals surface area contributed by atoms with Gasteiger partial charge in [0.15, 0.2) is 5.12 Å². The minimum absolute atomic E-state index is 0.0156. The van der Waals surface area contributed by atoms with Crippen molar-refractivity contribution in [3.63, 3.8) is 0 Å². The maximum atomic E-state index is 11.3. The Kier molecular flexibility index (Phi) is 12.6. The number of aliphatic carboxylic acids is 1. The Morgan fingerprint density at radius 1 is 0.914 bits per heavy atom. The van der Waals surface area contributed by atoms with E-state index < -0.39 is 17.0 Å². The fourth-order valence-corrected chi connectivity index (χ4v) is 5.60. The lowest BCUT2D eigenvalue weighted by Gasteiger charge is -2.28. The molecule has 35 heavy (non-hydrogen) atoms. The minimum atomic E-state index is -1.03. The lowest BCUT2D eigenvalue weighted by atomic mass is 9.82. The molecule has 0 aliphatic rings. The Balaban J connectivity index is 0.000000549. The highest BCUT2D eigenvalue weighted by atomic mass is 32.1. The van der Waals surface area contributed by atoms with Crippen molar-refractivity contribution in [1.82, 2.24) is 4.98 Å². The Morgan fingerprint density at radius 3 is 1.63 bits per heavy atom. The average molecular weight is 526 g/mol. The third kappa shape index (κ3) is 17.6. The van der Waals surface area contributed by atoms with Crippen molar-refractivity contribution in [2.45, 2.75) is 105 Å². The lowest BCUT2D eigenvalue weighted by molar-refractivity contribution is -0.138. The van der Waals surface area contributed by atoms with E-state index in [0.29, 0.717) is 15.8 Å². The molecule has 0 radical (unpaired) electrons. The number of fused-ring (bicyclic) bond motifs is 1. The number of nitrogens with two attached hydrogens (primary N) is 2. The van der Waals surface area contributed by atoms with Gasteiger partial charge in [-0.1, -0.05) is 53.7 Å². The molecule has 1 unspecified atom stereocenters. The van der Waals surface area contributed by atoms with Crippen LogP contribution in [0.2, 0.25) is 0 Å². The van der Waals surface area contributed by atoms with E-state index in [0.717, 1.165) is 23.1 Å². The predicted octanol–water partition coefficient (Wildman–Crippen LogP) is 6.63. The van der Waals surface area contributed by atoms with Crippen LogP contribution in [0.5, 0.6) is 0 Å². The zero-order valence-corrected chi connectivity index (χ0v) is 24.9. The molecule has 1 aromatic heterocycles. The van der Waals surface area contributed by atoms with Crippen molar-refractivity contribution in [3.05, 3.63) is 29.3 Å². The molecule has 200 valence electrons. The van der Waals surface area contributed by atoms with Gasteiger partial charge in [-0.3, -0.25) is 9.59 Å². The zero-order valence-electron chi connectivity index (χ0n) is 23.2. The molecule has 0 aliphatic carbocycles. The topological polar surface area (TPSA) is 119 Å². The van der Waals surface area contributed by atoms with Gasteiger partial charge in [0.05, 0.1) is 22.6 Å². The molecule has 0 aliphatic heterocycles. The van der Waals surface area contributed by atoms with Crippen LogP contribution in [0.15, 0.2) is 24.3 Å². The Hall–Kier alpha value is -1.48. The second-order valence-electron chi connectivity index (χ2n) is 13.0. The molecular weight excluding hydrogens is 478 g/mol. The van der Waals surface area contributed by atoms with Crippen molar-refractivity contribution in [1.29, 1.82) is 0 Å². The molecule has 8 heteroatoms. The van der Waals surface area contributed by atoms with E-state index in [1.54, 1.807) is 0 Å². The van der Waals surface area contributed by atoms with Gasteiger partial charge >= 0.3 is 5.97 Å². The number of benzene rings is 1. The van der Waals surface area contributed by atoms with Crippen LogP contribution in [0, 0.1) is 10.8 Å². The summed E-state index contributed by atoms with van der Waals surface area (Å²) >= 11 is 5.06. The van der Waals surface area contributed by atoms with Gasteiger partial charge in [0.25, 0.3) is 0 Å². The van der Waals surface area contributed by atoms with Crippen molar-refractivity contribution in [2.24, 2.45) is 22.3 Å². The number of aromatic nitrogens is 1. The number of hydrogen-bond donors (Lipinski definition) is 4. The number of carbonyl (C=O) groups excluding carboxylic acids is 1. The first-order valence-corrected chi connectivity index (χ1v) is 13.1. The van der Waals surface area contributed by atoms with Crippen LogP contribution < -0.4 is 11.5 Å². The van der Waals surface area contributed by atoms with Gasteiger partial charge in [0, 0.05) is 11.1 Å². The summed E-state index contributed by atoms with van der Waals surface area (Å²) in [4.78, 5) is 26.3. The number of hydrogen-bond acceptors (Lipinski definition) is 6. The standard InChI is InChI=1S/C11H9NO3S2.2C8H19N/c13-9(14)5-6(11(15)16)10-12-7-3-1-2-4-8(7)17-10;2*1-7(2,3)6-8(4,5)9/h1-4,6H,5H2,(H,13,14)(H,15,16);2*6,9H2,1-5H3. The highest BCUT2D eigenvalue weighted by Gasteiger charge is 2.25. The molecule has 1 atom stereocenters. The van der Waals surface area contributed by atoms with Crippen molar-refractivity contribution in [2.75, 3.05) is 0 Å². The van der Waals surface area contributed by atoms with Gasteiger partial charge < -0.3 is 16.6 Å². The number of carboxylic acids is 1. The molecule has 2 aromatic rings. The van der Waals surface area contributed by atoms with Crippen LogP contribution >= 0.6 is 24.0 Å². The largest absolute Gasteiger partial charge is 0.481 e. The van der Waals surface area contributed by atoms with Gasteiger partial charge in [-0.2, -0.15) is 0 Å². The van der Waals surface area contributed by atoms with Crippen molar-refractivity contribution < 1.29 is 14.7 Å². The zero-order chi connectivity index (χ0) is 27.8. The SMILES string of the molecule is CC(C)(C)CC(C)(C)N.CC(C)(C)CC(C)(C)N.O=C(O)CC(C(=O)S)c1nc2ccccc2s1. The number of carboxylic acid groups (broad SMARTS) is 1. The molecule has 1 heterocycles. The maximum absolute atomic E-state index is 11.3. The normalized spacial score (nSPS) is 13.3. The molecular formula is C27H47N3O3S2. The Labute approximate surface area is 221 Å². The molecule has 6 nitrogen and oxygen atoms in total. The summed E-state index contributed by atoms with van der Waals surface area (Å²) in [5.41, 5.74) is 13.1. The highest BCUT2D eigenvalue weighted by molar-refractivity contribution is 7.96. The molecule has 5 N–H and O–H groups in total. The minimum Gasteiger partial charge on any atom is -0.481 e. The van der Waals surface area contributed by atoms with Crippen molar-refractivity contribution in [3.8, 4) is 0 Å². The first kappa shape index (κ1) is 33.5. The van der Waals surface area contributed by atoms with Crippen LogP contribution in [0.3, 0.4) is 0 Å². The summed E-state index contributed by atoms with van der Waals surface area (Å²) in [6.45, 7) is 21.5. The van der Waals surface area contributed by atoms with Crippen LogP contribution in [0.25, 0.3) is 10.2 Å². The molecule has 0 saturated carbocycles. The van der Waals surface area contributed by atoms with Crippen LogP contribution in [-0.2, 0) is 9.59 Å². The van der Waals surface area contributed by atoms with Crippen LogP contribution in [0.4, 0.5) is 0 Å². The number of nitrogens with zero attached hydrogens (tertiary/aromatic N) is 1. The molecule has 0 spiro atoms. The molecule has 0 saturated heterocycles. The van der Waals surface area contributed by atoms with E-state index in [9.17, 15) is 9.59 Å². The fourth-order valence-electron chi connectivity index (χ4n) is 4.23. The molecule has 1 aromatic carbocycles. The Bertz CT molecular complexity index is 860. The first-order chi connectivity index (χ1) is 15.5. The monoisotopic (exact) mass is 525 g/mol. The summed E-state index contributed by atoms with van der Waals surface area (Å²) in [5.74, 6) is -1.80. The lowest BCUT2D eigenvalue weighted by Crippen LogP contribution is -2.36. The maximum Gasteiger partial charge on any atom is 0.304 e. The summed E-state index contributed by atoms with van der Waals surface area (Å²) in [5, 5.41) is 8.80. The first-order valence-electron chi connectivity index (χ1n) is 11.9. The number of thiazole rings is 1. The van der Waals surface area contributed by atoms with E-state index in [1.165, 1.54) is 11.3 Å². The second kappa shape index (κ2) is 13.2. The molecule has 0 fully saturated rings. The number of para-hydroxylation sites is 1. The number of thiol groups is 1. The summed E-state index contributed by atoms with van der Waals surface area (Å²) in [7, 11) is 0. The van der Waals surface area contributed by atoms with E-state index in [2.05, 4.69) is 86.9 Å². The summed E-state index contributed by atoms with van der Waals surface area (Å²) in [6, 6.07) is 7.44. The van der Waals surface area contributed by atoms with E-state index in [1.807, 2.05) is 24.3 Å². The Morgan fingerprint density at radius 2 is 1.34 bits per heavy atom. The van der Waals surface area contributed by atoms with Gasteiger partial charge in [-0.15, -0.1) is 24.0 Å². The van der Waals surface area contributed by atoms with E-state index >= 15 is 0 Å². The smallest absolute Gasteiger partial charge is 0.304 e. The molecule has 2 rings (SSSR count). The predicted molar refractivity (Wildman–Crippen MR) is 153 cm³/mol. The molecule has 0 bridgehead atoms. The van der Waals surface area contributed by atoms with Gasteiger partial charge in [0.2, 0.25) is 0 Å².